The minimum Gasteiger partial charge on any atom is -0.332 e. The zero-order chi connectivity index (χ0) is 25.9. The number of nitrogens with zero attached hydrogens (tertiary/aromatic N) is 5. The molecule has 2 aromatic carbocycles. The quantitative estimate of drug-likeness (QED) is 0.192. The number of imidazole rings is 1. The predicted molar refractivity (Wildman–Crippen MR) is 136 cm³/mol. The van der Waals surface area contributed by atoms with Crippen LogP contribution in [-0.2, 0) is 26.3 Å². The van der Waals surface area contributed by atoms with Crippen LogP contribution in [0.4, 0.5) is 24.0 Å². The zero-order valence-corrected chi connectivity index (χ0v) is 21.6. The van der Waals surface area contributed by atoms with Crippen LogP contribution in [0, 0.1) is 10.1 Å². The van der Waals surface area contributed by atoms with Crippen molar-refractivity contribution in [1.82, 2.24) is 9.55 Å². The van der Waals surface area contributed by atoms with Crippen molar-refractivity contribution in [3.05, 3.63) is 79.9 Å². The number of rotatable bonds is 4. The molecule has 0 fully saturated rings. The second-order valence-corrected chi connectivity index (χ2v) is 9.87. The smallest absolute Gasteiger partial charge is 0.332 e. The van der Waals surface area contributed by atoms with Crippen molar-refractivity contribution in [3.63, 3.8) is 0 Å². The van der Waals surface area contributed by atoms with Crippen molar-refractivity contribution in [2.24, 2.45) is 7.05 Å². The molecule has 0 N–H and O–H groups in total. The maximum Gasteiger partial charge on any atom is 0.416 e. The van der Waals surface area contributed by atoms with Gasteiger partial charge in [0.05, 0.1) is 47.6 Å². The first-order valence-electron chi connectivity index (χ1n) is 11.1. The minimum absolute atomic E-state index is 0. The van der Waals surface area contributed by atoms with Crippen LogP contribution in [-0.4, -0.2) is 14.5 Å². The third kappa shape index (κ3) is 4.44. The van der Waals surface area contributed by atoms with Crippen LogP contribution >= 0.6 is 23.7 Å². The summed E-state index contributed by atoms with van der Waals surface area (Å²) in [6.45, 7) is 4.94. The zero-order valence-electron chi connectivity index (χ0n) is 19.9. The molecule has 3 heterocycles. The Hall–Kier alpha value is -3.51. The van der Waals surface area contributed by atoms with Gasteiger partial charge in [0.15, 0.2) is 16.5 Å². The lowest BCUT2D eigenvalue weighted by molar-refractivity contribution is -0.667. The number of nitro benzene ring substituents is 1. The molecule has 5 rings (SSSR count). The van der Waals surface area contributed by atoms with E-state index in [2.05, 4.69) is 28.0 Å². The third-order valence-electron chi connectivity index (χ3n) is 6.29. The summed E-state index contributed by atoms with van der Waals surface area (Å²) in [7, 11) is 1.96. The largest absolute Gasteiger partial charge is 0.416 e. The van der Waals surface area contributed by atoms with Crippen LogP contribution in [0.3, 0.4) is 0 Å². The number of hydrogen-bond acceptors (Lipinski definition) is 6. The number of halogens is 4. The first-order valence-corrected chi connectivity index (χ1v) is 11.9. The molecule has 8 nitrogen and oxygen atoms in total. The number of anilines is 1. The van der Waals surface area contributed by atoms with Crippen molar-refractivity contribution in [2.45, 2.75) is 39.2 Å². The molecule has 194 valence electrons. The van der Waals surface area contributed by atoms with Crippen molar-refractivity contribution < 1.29 is 22.7 Å². The highest BCUT2D eigenvalue weighted by molar-refractivity contribution is 7.22. The molecule has 4 aromatic rings. The molecule has 0 unspecified atom stereocenters. The van der Waals surface area contributed by atoms with E-state index in [1.54, 1.807) is 0 Å². The Morgan fingerprint density at radius 1 is 1.16 bits per heavy atom. The van der Waals surface area contributed by atoms with Gasteiger partial charge in [-0.15, -0.1) is 12.4 Å². The molecule has 0 spiro atoms. The summed E-state index contributed by atoms with van der Waals surface area (Å²) >= 11 is 0.855. The number of nitro groups is 1. The first-order chi connectivity index (χ1) is 17.0. The van der Waals surface area contributed by atoms with Crippen molar-refractivity contribution in [3.8, 4) is 11.4 Å². The third-order valence-corrected chi connectivity index (χ3v) is 7.45. The highest BCUT2D eigenvalue weighted by Gasteiger charge is 2.39. The van der Waals surface area contributed by atoms with Crippen molar-refractivity contribution >= 4 is 44.6 Å². The lowest BCUT2D eigenvalue weighted by atomic mass is 10.1. The lowest BCUT2D eigenvalue weighted by Crippen LogP contribution is -2.36. The monoisotopic (exact) mass is 552 g/mol. The van der Waals surface area contributed by atoms with E-state index in [9.17, 15) is 28.1 Å². The molecule has 0 amide bonds. The maximum atomic E-state index is 13.3. The Kier molecular flexibility index (Phi) is 6.76. The van der Waals surface area contributed by atoms with Crippen LogP contribution in [0.15, 0.2) is 47.3 Å². The van der Waals surface area contributed by atoms with Crippen LogP contribution in [0.2, 0.25) is 0 Å². The highest BCUT2D eigenvalue weighted by Crippen LogP contribution is 2.40. The van der Waals surface area contributed by atoms with Gasteiger partial charge in [0.2, 0.25) is 0 Å². The molecule has 37 heavy (non-hydrogen) atoms. The summed E-state index contributed by atoms with van der Waals surface area (Å²) in [5.74, 6) is 1.03. The van der Waals surface area contributed by atoms with Gasteiger partial charge in [0.1, 0.15) is 4.70 Å². The van der Waals surface area contributed by atoms with Crippen LogP contribution in [0.25, 0.3) is 21.5 Å². The van der Waals surface area contributed by atoms with Crippen LogP contribution in [0.5, 0.6) is 0 Å². The molecule has 0 bridgehead atoms. The van der Waals surface area contributed by atoms with E-state index in [1.807, 2.05) is 42.3 Å². The van der Waals surface area contributed by atoms with Gasteiger partial charge in [-0.25, -0.2) is 9.13 Å². The molecule has 2 aromatic heterocycles. The Bertz CT molecular complexity index is 1590. The molecule has 1 aliphatic rings. The second kappa shape index (κ2) is 9.42. The summed E-state index contributed by atoms with van der Waals surface area (Å²) < 4.78 is 44.0. The molecular formula is C24H22ClF3N5O3S+. The van der Waals surface area contributed by atoms with E-state index >= 15 is 0 Å². The second-order valence-electron chi connectivity index (χ2n) is 8.89. The molecule has 0 saturated heterocycles. The van der Waals surface area contributed by atoms with E-state index < -0.39 is 33.3 Å². The Morgan fingerprint density at radius 3 is 2.43 bits per heavy atom. The molecule has 13 heteroatoms. The van der Waals surface area contributed by atoms with Gasteiger partial charge >= 0.3 is 6.18 Å². The Balaban J connectivity index is 0.00000320. The standard InChI is InChI=1S/C24H21F3N5O3S.ClH/c1-13(2)31-19-12-30(11-18(19)29(3)22(31)14-7-5-4-6-8-14)23-28-21(33)16-9-15(24(25,26)27)10-17(32(34)35)20(16)36-23;/h4-10,13H,11-12H2,1-3H3;1H/q+1;. The molecular weight excluding hydrogens is 531 g/mol. The first kappa shape index (κ1) is 26.6. The SMILES string of the molecule is CC(C)n1c2c([n+](C)c1-c1ccccc1)CN(c1nc(=O)c3cc(C(F)(F)F)cc([N+](=O)[O-])c3s1)C2.Cl. The van der Waals surface area contributed by atoms with Gasteiger partial charge in [-0.3, -0.25) is 14.9 Å². The summed E-state index contributed by atoms with van der Waals surface area (Å²) in [4.78, 5) is 29.4. The van der Waals surface area contributed by atoms with Gasteiger partial charge in [0.25, 0.3) is 17.1 Å². The summed E-state index contributed by atoms with van der Waals surface area (Å²) in [6.07, 6.45) is -4.83. The number of non-ortho nitro benzene ring substituents is 1. The van der Waals surface area contributed by atoms with Crippen LogP contribution in [0.1, 0.15) is 36.8 Å². The van der Waals surface area contributed by atoms with Crippen LogP contribution < -0.4 is 15.0 Å². The molecule has 0 aliphatic carbocycles. The average molecular weight is 553 g/mol. The average Bonchev–Trinajstić information content (AvgIpc) is 3.36. The predicted octanol–water partition coefficient (Wildman–Crippen LogP) is 5.40. The summed E-state index contributed by atoms with van der Waals surface area (Å²) in [6, 6.07) is 11.2. The van der Waals surface area contributed by atoms with E-state index in [-0.39, 0.29) is 28.3 Å². The van der Waals surface area contributed by atoms with Gasteiger partial charge in [-0.05, 0) is 32.0 Å². The summed E-state index contributed by atoms with van der Waals surface area (Å²) in [5, 5.41) is 11.4. The van der Waals surface area contributed by atoms with E-state index in [4.69, 9.17) is 0 Å². The number of aromatic nitrogens is 3. The van der Waals surface area contributed by atoms with E-state index in [1.165, 1.54) is 0 Å². The maximum absolute atomic E-state index is 13.3. The molecule has 0 radical (unpaired) electrons. The number of alkyl halides is 3. The molecule has 1 aliphatic heterocycles. The van der Waals surface area contributed by atoms with Gasteiger partial charge < -0.3 is 4.90 Å². The van der Waals surface area contributed by atoms with Gasteiger partial charge in [-0.2, -0.15) is 18.2 Å². The fourth-order valence-electron chi connectivity index (χ4n) is 4.72. The van der Waals surface area contributed by atoms with Gasteiger partial charge in [0, 0.05) is 6.07 Å². The van der Waals surface area contributed by atoms with E-state index in [0.29, 0.717) is 25.2 Å². The topological polar surface area (TPSA) is 85.1 Å². The fraction of sp³-hybridized carbons (Fsp3) is 0.292. The van der Waals surface area contributed by atoms with Gasteiger partial charge in [-0.1, -0.05) is 29.5 Å². The normalized spacial score (nSPS) is 13.2. The highest BCUT2D eigenvalue weighted by atomic mass is 35.5. The Morgan fingerprint density at radius 2 is 1.84 bits per heavy atom. The number of fused-ring (bicyclic) bond motifs is 2. The Labute approximate surface area is 219 Å². The molecule has 0 atom stereocenters. The fourth-order valence-corrected chi connectivity index (χ4v) is 5.78. The lowest BCUT2D eigenvalue weighted by Gasteiger charge is -2.17. The molecule has 0 saturated carbocycles. The number of hydrogen-bond donors (Lipinski definition) is 0. The summed E-state index contributed by atoms with van der Waals surface area (Å²) in [5.41, 5.74) is 0.150. The number of benzene rings is 2. The van der Waals surface area contributed by atoms with Crippen molar-refractivity contribution in [1.29, 1.82) is 0 Å². The van der Waals surface area contributed by atoms with Crippen molar-refractivity contribution in [2.75, 3.05) is 4.90 Å². The minimum atomic E-state index is -4.83. The van der Waals surface area contributed by atoms with E-state index in [0.717, 1.165) is 34.1 Å².